The van der Waals surface area contributed by atoms with Crippen molar-refractivity contribution < 1.29 is 19.7 Å². The first-order valence-corrected chi connectivity index (χ1v) is 15.2. The first-order chi connectivity index (χ1) is 17.2. The highest BCUT2D eigenvalue weighted by Crippen LogP contribution is 2.68. The Hall–Kier alpha value is -0.690. The van der Waals surface area contributed by atoms with Crippen molar-refractivity contribution in [2.75, 3.05) is 39.4 Å². The van der Waals surface area contributed by atoms with Gasteiger partial charge in [0.1, 0.15) is 0 Å². The molecule has 0 bridgehead atoms. The summed E-state index contributed by atoms with van der Waals surface area (Å²) >= 11 is 0. The molecule has 10 atom stereocenters. The van der Waals surface area contributed by atoms with E-state index < -0.39 is 0 Å². The minimum absolute atomic E-state index is 0.0230. The van der Waals surface area contributed by atoms with E-state index in [0.29, 0.717) is 36.0 Å². The second kappa shape index (κ2) is 10.8. The molecule has 1 amide bonds. The van der Waals surface area contributed by atoms with Crippen LogP contribution in [0.3, 0.4) is 0 Å². The summed E-state index contributed by atoms with van der Waals surface area (Å²) in [5.41, 5.74) is 0.262. The van der Waals surface area contributed by atoms with E-state index in [1.165, 1.54) is 25.7 Å². The number of nitrogens with one attached hydrogen (secondary N) is 1. The number of nitrogens with zero attached hydrogens (tertiary/aromatic N) is 1. The summed E-state index contributed by atoms with van der Waals surface area (Å²) in [6.45, 7) is 12.3. The van der Waals surface area contributed by atoms with Crippen LogP contribution >= 0.6 is 0 Å². The number of hydrogen-bond donors (Lipinski definition) is 3. The van der Waals surface area contributed by atoms with Gasteiger partial charge >= 0.3 is 0 Å². The molecule has 0 aromatic heterocycles. The van der Waals surface area contributed by atoms with Crippen LogP contribution in [-0.4, -0.2) is 72.6 Å². The predicted molar refractivity (Wildman–Crippen MR) is 141 cm³/mol. The lowest BCUT2D eigenvalue weighted by atomic mass is 9.43. The largest absolute Gasteiger partial charge is 0.393 e. The Morgan fingerprint density at radius 2 is 1.83 bits per heavy atom. The molecule has 5 fully saturated rings. The van der Waals surface area contributed by atoms with Gasteiger partial charge in [-0.3, -0.25) is 9.69 Å². The van der Waals surface area contributed by atoms with Crippen molar-refractivity contribution in [1.29, 1.82) is 0 Å². The number of rotatable bonds is 7. The van der Waals surface area contributed by atoms with Crippen molar-refractivity contribution in [3.8, 4) is 0 Å². The molecule has 6 heteroatoms. The Morgan fingerprint density at radius 3 is 2.61 bits per heavy atom. The monoisotopic (exact) mass is 504 g/mol. The molecule has 5 rings (SSSR count). The highest BCUT2D eigenvalue weighted by Gasteiger charge is 2.63. The van der Waals surface area contributed by atoms with Gasteiger partial charge in [0, 0.05) is 32.6 Å². The number of carbonyl (C=O) groups is 1. The molecule has 4 aliphatic carbocycles. The maximum Gasteiger partial charge on any atom is 0.220 e. The van der Waals surface area contributed by atoms with Gasteiger partial charge in [0.25, 0.3) is 0 Å². The topological polar surface area (TPSA) is 82.0 Å². The standard InChI is InChI=1S/C30H52N2O4/c1-20(4-9-28(35)31-12-13-32-14-16-36-17-15-32)24-7-8-25-23-6-5-21-18-22(33)10-11-29(21,2)26(23)19-27(34)30(24,25)3/h20-27,33-34H,4-19H2,1-3H3,(H,31,35)/t20-,21-,22-,23+,24-,25+,26+,27+,29+,30-/m1/s1. The van der Waals surface area contributed by atoms with Crippen molar-refractivity contribution in [2.24, 2.45) is 46.3 Å². The van der Waals surface area contributed by atoms with E-state index in [9.17, 15) is 15.0 Å². The van der Waals surface area contributed by atoms with E-state index in [2.05, 4.69) is 31.0 Å². The molecule has 0 aromatic carbocycles. The zero-order valence-corrected chi connectivity index (χ0v) is 23.1. The van der Waals surface area contributed by atoms with E-state index in [4.69, 9.17) is 4.74 Å². The van der Waals surface area contributed by atoms with E-state index in [-0.39, 0.29) is 28.9 Å². The van der Waals surface area contributed by atoms with E-state index in [1.807, 2.05) is 0 Å². The van der Waals surface area contributed by atoms with Crippen molar-refractivity contribution in [2.45, 2.75) is 97.2 Å². The van der Waals surface area contributed by atoms with Crippen LogP contribution in [0.4, 0.5) is 0 Å². The molecule has 1 aliphatic heterocycles. The smallest absolute Gasteiger partial charge is 0.220 e. The molecule has 206 valence electrons. The lowest BCUT2D eigenvalue weighted by Gasteiger charge is -2.62. The van der Waals surface area contributed by atoms with Crippen LogP contribution in [-0.2, 0) is 9.53 Å². The molecule has 0 radical (unpaired) electrons. The average molecular weight is 505 g/mol. The maximum absolute atomic E-state index is 12.6. The summed E-state index contributed by atoms with van der Waals surface area (Å²) in [6, 6.07) is 0. The summed E-state index contributed by atoms with van der Waals surface area (Å²) < 4.78 is 5.40. The van der Waals surface area contributed by atoms with Gasteiger partial charge < -0.3 is 20.3 Å². The zero-order chi connectivity index (χ0) is 25.5. The fourth-order valence-corrected chi connectivity index (χ4v) is 9.99. The third kappa shape index (κ3) is 4.89. The number of carbonyl (C=O) groups excluding carboxylic acids is 1. The number of aliphatic hydroxyl groups is 2. The van der Waals surface area contributed by atoms with Gasteiger partial charge in [-0.15, -0.1) is 0 Å². The van der Waals surface area contributed by atoms with Crippen LogP contribution in [0.5, 0.6) is 0 Å². The minimum atomic E-state index is -0.247. The molecule has 5 aliphatic rings. The molecule has 0 aromatic rings. The summed E-state index contributed by atoms with van der Waals surface area (Å²) in [6.07, 6.45) is 10.0. The van der Waals surface area contributed by atoms with Gasteiger partial charge in [0.2, 0.25) is 5.91 Å². The van der Waals surface area contributed by atoms with E-state index >= 15 is 0 Å². The quantitative estimate of drug-likeness (QED) is 0.491. The molecular formula is C30H52N2O4. The Morgan fingerprint density at radius 1 is 1.06 bits per heavy atom. The van der Waals surface area contributed by atoms with E-state index in [1.54, 1.807) is 0 Å². The SMILES string of the molecule is C[C@H](CCC(=O)NCCN1CCOCC1)[C@H]1CC[C@H]2[C@@H]3CC[C@@H]4C[C@H](O)CC[C@]4(C)[C@H]3C[C@H](O)[C@]12C. The molecule has 1 heterocycles. The summed E-state index contributed by atoms with van der Waals surface area (Å²) in [7, 11) is 0. The molecule has 6 nitrogen and oxygen atoms in total. The third-order valence-electron chi connectivity index (χ3n) is 12.2. The highest BCUT2D eigenvalue weighted by atomic mass is 16.5. The van der Waals surface area contributed by atoms with Crippen LogP contribution in [0.25, 0.3) is 0 Å². The molecule has 36 heavy (non-hydrogen) atoms. The van der Waals surface area contributed by atoms with Crippen molar-refractivity contribution >= 4 is 5.91 Å². The number of aliphatic hydroxyl groups excluding tert-OH is 2. The van der Waals surface area contributed by atoms with Crippen LogP contribution in [0.1, 0.15) is 85.0 Å². The van der Waals surface area contributed by atoms with Crippen LogP contribution in [0.15, 0.2) is 0 Å². The average Bonchev–Trinajstić information content (AvgIpc) is 3.23. The molecule has 1 saturated heterocycles. The third-order valence-corrected chi connectivity index (χ3v) is 12.2. The molecular weight excluding hydrogens is 452 g/mol. The molecule has 0 unspecified atom stereocenters. The van der Waals surface area contributed by atoms with Gasteiger partial charge in [-0.25, -0.2) is 0 Å². The van der Waals surface area contributed by atoms with Gasteiger partial charge in [0.05, 0.1) is 25.4 Å². The van der Waals surface area contributed by atoms with Gasteiger partial charge in [-0.05, 0) is 104 Å². The number of amides is 1. The lowest BCUT2D eigenvalue weighted by Crippen LogP contribution is -2.58. The van der Waals surface area contributed by atoms with Crippen molar-refractivity contribution in [1.82, 2.24) is 10.2 Å². The lowest BCUT2D eigenvalue weighted by molar-refractivity contribution is -0.174. The normalized spacial score (nSPS) is 45.9. The maximum atomic E-state index is 12.6. The number of hydrogen-bond acceptors (Lipinski definition) is 5. The van der Waals surface area contributed by atoms with Crippen molar-refractivity contribution in [3.05, 3.63) is 0 Å². The minimum Gasteiger partial charge on any atom is -0.393 e. The molecule has 4 saturated carbocycles. The van der Waals surface area contributed by atoms with Crippen LogP contribution in [0.2, 0.25) is 0 Å². The predicted octanol–water partition coefficient (Wildman–Crippen LogP) is 3.84. The highest BCUT2D eigenvalue weighted by molar-refractivity contribution is 5.75. The number of ether oxygens (including phenoxy) is 1. The number of fused-ring (bicyclic) bond motifs is 5. The van der Waals surface area contributed by atoms with Crippen LogP contribution < -0.4 is 5.32 Å². The van der Waals surface area contributed by atoms with Gasteiger partial charge in [-0.2, -0.15) is 0 Å². The Labute approximate surface area is 218 Å². The van der Waals surface area contributed by atoms with Crippen LogP contribution in [0, 0.1) is 46.3 Å². The van der Waals surface area contributed by atoms with Crippen molar-refractivity contribution in [3.63, 3.8) is 0 Å². The van der Waals surface area contributed by atoms with Gasteiger partial charge in [-0.1, -0.05) is 20.8 Å². The Kier molecular flexibility index (Phi) is 8.09. The first-order valence-electron chi connectivity index (χ1n) is 15.2. The molecule has 0 spiro atoms. The fraction of sp³-hybridized carbons (Fsp3) is 0.967. The summed E-state index contributed by atoms with van der Waals surface area (Å²) in [4.78, 5) is 14.9. The second-order valence-electron chi connectivity index (χ2n) is 13.7. The zero-order valence-electron chi connectivity index (χ0n) is 23.1. The van der Waals surface area contributed by atoms with Gasteiger partial charge in [0.15, 0.2) is 0 Å². The Balaban J connectivity index is 1.16. The Bertz CT molecular complexity index is 772. The fourth-order valence-electron chi connectivity index (χ4n) is 9.99. The van der Waals surface area contributed by atoms with E-state index in [0.717, 1.165) is 77.4 Å². The first kappa shape index (κ1) is 26.9. The summed E-state index contributed by atoms with van der Waals surface area (Å²) in [5, 5.41) is 25.2. The number of morpholine rings is 1. The molecule has 3 N–H and O–H groups in total. The summed E-state index contributed by atoms with van der Waals surface area (Å²) in [5.74, 6) is 3.66. The second-order valence-corrected chi connectivity index (χ2v) is 13.7.